The summed E-state index contributed by atoms with van der Waals surface area (Å²) in [6, 6.07) is -0.471. The third kappa shape index (κ3) is 5.31. The largest absolute Gasteiger partial charge is 0.379 e. The van der Waals surface area contributed by atoms with Crippen LogP contribution >= 0.6 is 11.9 Å². The number of nitrogens with zero attached hydrogens (tertiary/aromatic N) is 1. The Bertz CT molecular complexity index is 174. The lowest BCUT2D eigenvalue weighted by Gasteiger charge is -2.26. The number of carbonyl (C=O) groups excluding carboxylic acids is 1. The van der Waals surface area contributed by atoms with Crippen LogP contribution in [0.1, 0.15) is 6.42 Å². The molecule has 3 N–H and O–H groups in total. The first-order chi connectivity index (χ1) is 6.79. The molecule has 0 spiro atoms. The molecule has 1 aliphatic heterocycles. The molecular weight excluding hydrogens is 202 g/mol. The van der Waals surface area contributed by atoms with Gasteiger partial charge in [0, 0.05) is 18.8 Å². The second-order valence-corrected chi connectivity index (χ2v) is 4.02. The lowest BCUT2D eigenvalue weighted by molar-refractivity contribution is 0.0381. The van der Waals surface area contributed by atoms with Crippen LogP contribution in [0.2, 0.25) is 0 Å². The van der Waals surface area contributed by atoms with E-state index in [1.54, 1.807) is 0 Å². The van der Waals surface area contributed by atoms with Crippen LogP contribution in [0.4, 0.5) is 4.79 Å². The van der Waals surface area contributed by atoms with Crippen LogP contribution in [0, 0.1) is 0 Å². The normalized spacial score (nSPS) is 18.0. The van der Waals surface area contributed by atoms with Crippen molar-refractivity contribution in [1.29, 1.82) is 0 Å². The average molecular weight is 219 g/mol. The van der Waals surface area contributed by atoms with Crippen molar-refractivity contribution >= 4 is 18.0 Å². The van der Waals surface area contributed by atoms with Crippen molar-refractivity contribution in [3.63, 3.8) is 0 Å². The molecule has 1 heterocycles. The van der Waals surface area contributed by atoms with Crippen molar-refractivity contribution in [2.24, 2.45) is 5.73 Å². The predicted octanol–water partition coefficient (Wildman–Crippen LogP) is 0.0252. The molecule has 0 bridgehead atoms. The molecule has 0 unspecified atom stereocenters. The summed E-state index contributed by atoms with van der Waals surface area (Å²) in [5.41, 5.74) is 4.92. The van der Waals surface area contributed by atoms with E-state index in [2.05, 4.69) is 9.62 Å². The minimum Gasteiger partial charge on any atom is -0.379 e. The molecule has 5 nitrogen and oxygen atoms in total. The molecular formula is C8H17N3O2S. The van der Waals surface area contributed by atoms with Crippen LogP contribution in [0.15, 0.2) is 0 Å². The van der Waals surface area contributed by atoms with Crippen molar-refractivity contribution in [2.45, 2.75) is 6.42 Å². The highest BCUT2D eigenvalue weighted by atomic mass is 32.2. The molecule has 2 amide bonds. The van der Waals surface area contributed by atoms with Crippen LogP contribution < -0.4 is 10.5 Å². The molecule has 0 aliphatic carbocycles. The van der Waals surface area contributed by atoms with E-state index >= 15 is 0 Å². The minimum atomic E-state index is -0.471. The van der Waals surface area contributed by atoms with Gasteiger partial charge in [0.05, 0.1) is 13.2 Å². The van der Waals surface area contributed by atoms with Gasteiger partial charge >= 0.3 is 6.03 Å². The molecule has 82 valence electrons. The zero-order valence-corrected chi connectivity index (χ0v) is 9.02. The van der Waals surface area contributed by atoms with Crippen molar-refractivity contribution in [1.82, 2.24) is 9.62 Å². The topological polar surface area (TPSA) is 67.6 Å². The Kier molecular flexibility index (Phi) is 5.74. The fraction of sp³-hybridized carbons (Fsp3) is 0.875. The van der Waals surface area contributed by atoms with Crippen LogP contribution in [0.3, 0.4) is 0 Å². The van der Waals surface area contributed by atoms with Gasteiger partial charge in [0.2, 0.25) is 0 Å². The summed E-state index contributed by atoms with van der Waals surface area (Å²) in [6.07, 6.45) is 1.06. The Hall–Kier alpha value is -0.460. The van der Waals surface area contributed by atoms with Gasteiger partial charge in [-0.1, -0.05) is 0 Å². The number of primary amides is 1. The number of nitrogens with one attached hydrogen (secondary N) is 1. The summed E-state index contributed by atoms with van der Waals surface area (Å²) < 4.78 is 7.73. The molecule has 14 heavy (non-hydrogen) atoms. The van der Waals surface area contributed by atoms with Gasteiger partial charge in [-0.15, -0.1) is 0 Å². The second kappa shape index (κ2) is 6.92. The van der Waals surface area contributed by atoms with E-state index < -0.39 is 6.03 Å². The van der Waals surface area contributed by atoms with E-state index in [0.29, 0.717) is 0 Å². The standard InChI is InChI=1S/C8H17N3O2S/c9-8(12)10-14-7-1-2-11-3-5-13-6-4-11/h1-7H2,(H3,9,10,12). The number of rotatable bonds is 5. The maximum atomic E-state index is 10.3. The Morgan fingerprint density at radius 3 is 2.86 bits per heavy atom. The highest BCUT2D eigenvalue weighted by molar-refractivity contribution is 7.97. The summed E-state index contributed by atoms with van der Waals surface area (Å²) in [5, 5.41) is 0. The van der Waals surface area contributed by atoms with E-state index in [9.17, 15) is 4.79 Å². The Labute approximate surface area is 88.5 Å². The van der Waals surface area contributed by atoms with Crippen LogP contribution in [-0.4, -0.2) is 49.5 Å². The molecule has 1 fully saturated rings. The molecule has 0 aromatic heterocycles. The number of carbonyl (C=O) groups is 1. The Morgan fingerprint density at radius 2 is 2.21 bits per heavy atom. The SMILES string of the molecule is NC(=O)NSCCCN1CCOCC1. The summed E-state index contributed by atoms with van der Waals surface area (Å²) in [4.78, 5) is 12.7. The van der Waals surface area contributed by atoms with E-state index in [0.717, 1.165) is 45.0 Å². The van der Waals surface area contributed by atoms with Gasteiger partial charge in [0.25, 0.3) is 0 Å². The van der Waals surface area contributed by atoms with Gasteiger partial charge in [-0.3, -0.25) is 9.62 Å². The zero-order valence-electron chi connectivity index (χ0n) is 8.20. The quantitative estimate of drug-likeness (QED) is 0.505. The maximum absolute atomic E-state index is 10.3. The summed E-state index contributed by atoms with van der Waals surface area (Å²) in [5.74, 6) is 0.903. The first kappa shape index (κ1) is 11.6. The third-order valence-electron chi connectivity index (χ3n) is 2.00. The van der Waals surface area contributed by atoms with Gasteiger partial charge < -0.3 is 10.5 Å². The number of morpholine rings is 1. The van der Waals surface area contributed by atoms with Gasteiger partial charge in [-0.05, 0) is 24.9 Å². The lowest BCUT2D eigenvalue weighted by Crippen LogP contribution is -2.37. The highest BCUT2D eigenvalue weighted by Crippen LogP contribution is 2.01. The molecule has 0 radical (unpaired) electrons. The van der Waals surface area contributed by atoms with E-state index in [1.165, 1.54) is 11.9 Å². The number of hydrogen-bond donors (Lipinski definition) is 2. The van der Waals surface area contributed by atoms with Gasteiger partial charge in [0.1, 0.15) is 0 Å². The van der Waals surface area contributed by atoms with Crippen molar-refractivity contribution < 1.29 is 9.53 Å². The molecule has 1 saturated heterocycles. The summed E-state index contributed by atoms with van der Waals surface area (Å²) in [6.45, 7) is 4.79. The summed E-state index contributed by atoms with van der Waals surface area (Å²) in [7, 11) is 0. The van der Waals surface area contributed by atoms with Gasteiger partial charge in [-0.2, -0.15) is 0 Å². The molecule has 0 aromatic carbocycles. The first-order valence-electron chi connectivity index (χ1n) is 4.76. The van der Waals surface area contributed by atoms with Gasteiger partial charge in [-0.25, -0.2) is 4.79 Å². The number of ether oxygens (including phenoxy) is 1. The molecule has 1 aliphatic rings. The van der Waals surface area contributed by atoms with E-state index in [4.69, 9.17) is 10.5 Å². The van der Waals surface area contributed by atoms with Gasteiger partial charge in [0.15, 0.2) is 0 Å². The molecule has 0 aromatic rings. The molecule has 6 heteroatoms. The predicted molar refractivity (Wildman–Crippen MR) is 57.1 cm³/mol. The summed E-state index contributed by atoms with van der Waals surface area (Å²) >= 11 is 1.37. The number of hydrogen-bond acceptors (Lipinski definition) is 4. The van der Waals surface area contributed by atoms with E-state index in [1.807, 2.05) is 0 Å². The van der Waals surface area contributed by atoms with Crippen molar-refractivity contribution in [3.05, 3.63) is 0 Å². The molecule has 0 saturated carbocycles. The van der Waals surface area contributed by atoms with Crippen molar-refractivity contribution in [2.75, 3.05) is 38.6 Å². The fourth-order valence-corrected chi connectivity index (χ4v) is 1.83. The fourth-order valence-electron chi connectivity index (χ4n) is 1.31. The second-order valence-electron chi connectivity index (χ2n) is 3.12. The monoisotopic (exact) mass is 219 g/mol. The number of amides is 2. The Balaban J connectivity index is 1.90. The minimum absolute atomic E-state index is 0.471. The average Bonchev–Trinajstić information content (AvgIpc) is 2.18. The Morgan fingerprint density at radius 1 is 1.50 bits per heavy atom. The molecule has 1 rings (SSSR count). The van der Waals surface area contributed by atoms with Crippen LogP contribution in [0.5, 0.6) is 0 Å². The van der Waals surface area contributed by atoms with Crippen LogP contribution in [-0.2, 0) is 4.74 Å². The van der Waals surface area contributed by atoms with Crippen LogP contribution in [0.25, 0.3) is 0 Å². The van der Waals surface area contributed by atoms with E-state index in [-0.39, 0.29) is 0 Å². The molecule has 0 atom stereocenters. The third-order valence-corrected chi connectivity index (χ3v) is 2.84. The first-order valence-corrected chi connectivity index (χ1v) is 5.75. The lowest BCUT2D eigenvalue weighted by atomic mass is 10.4. The maximum Gasteiger partial charge on any atom is 0.322 e. The zero-order chi connectivity index (χ0) is 10.2. The number of nitrogens with two attached hydrogens (primary N) is 1. The number of urea groups is 1. The van der Waals surface area contributed by atoms with Crippen molar-refractivity contribution in [3.8, 4) is 0 Å². The highest BCUT2D eigenvalue weighted by Gasteiger charge is 2.08. The smallest absolute Gasteiger partial charge is 0.322 e.